The molecule has 0 radical (unpaired) electrons. The number of anilines is 9. The fraction of sp³-hybridized carbons (Fsp3) is 0.0548. The van der Waals surface area contributed by atoms with Gasteiger partial charge in [0.15, 0.2) is 0 Å². The van der Waals surface area contributed by atoms with Crippen molar-refractivity contribution in [1.29, 1.82) is 0 Å². The summed E-state index contributed by atoms with van der Waals surface area (Å²) in [7, 11) is 0. The van der Waals surface area contributed by atoms with Gasteiger partial charge in [0.1, 0.15) is 0 Å². The Morgan fingerprint density at radius 2 is 0.353 bits per heavy atom. The van der Waals surface area contributed by atoms with Crippen molar-refractivity contribution in [2.75, 3.05) is 14.7 Å². The van der Waals surface area contributed by atoms with Crippen LogP contribution in [0.5, 0.6) is 0 Å². The molecule has 0 saturated carbocycles. The van der Waals surface area contributed by atoms with Crippen molar-refractivity contribution in [3.63, 3.8) is 0 Å². The molecule has 0 amide bonds. The van der Waals surface area contributed by atoms with E-state index < -0.39 is 0 Å². The molecule has 23 aromatic carbocycles. The fourth-order valence-electron chi connectivity index (χ4n) is 23.4. The summed E-state index contributed by atoms with van der Waals surface area (Å²) in [6, 6.07) is 210. The van der Waals surface area contributed by atoms with Gasteiger partial charge in [-0.15, -0.1) is 0 Å². The highest BCUT2D eigenvalue weighted by atomic mass is 15.2. The predicted octanol–water partition coefficient (Wildman–Crippen LogP) is 38.5. The Morgan fingerprint density at radius 3 is 0.580 bits per heavy atom. The molecular weight excluding hydrogens is 1810 g/mol. The number of hydrogen-bond donors (Lipinski definition) is 0. The Hall–Kier alpha value is -18.5. The minimum Gasteiger partial charge on any atom is -0.311 e. The minimum atomic E-state index is -0.381. The van der Waals surface area contributed by atoms with Gasteiger partial charge >= 0.3 is 0 Å². The van der Waals surface area contributed by atoms with E-state index in [-0.39, 0.29) is 17.5 Å². The van der Waals surface area contributed by atoms with E-state index in [0.29, 0.717) is 0 Å². The second-order valence-corrected chi connectivity index (χ2v) is 41.7. The molecule has 3 nitrogen and oxygen atoms in total. The molecule has 0 atom stereocenters. The zero-order valence-electron chi connectivity index (χ0n) is 85.0. The van der Waals surface area contributed by atoms with Crippen LogP contribution in [-0.4, -0.2) is 6.71 Å². The van der Waals surface area contributed by atoms with Gasteiger partial charge in [0.2, 0.25) is 0 Å². The third-order valence-electron chi connectivity index (χ3n) is 30.2. The molecule has 4 heteroatoms. The molecule has 0 fully saturated rings. The van der Waals surface area contributed by atoms with Crippen molar-refractivity contribution >= 4 is 74.3 Å². The van der Waals surface area contributed by atoms with E-state index in [1.807, 2.05) is 0 Å². The molecule has 2 aliphatic heterocycles. The van der Waals surface area contributed by atoms with Crippen molar-refractivity contribution in [3.05, 3.63) is 569 Å². The maximum absolute atomic E-state index is 2.68. The van der Waals surface area contributed by atoms with Crippen LogP contribution in [-0.2, 0) is 10.8 Å². The molecule has 0 spiro atoms. The summed E-state index contributed by atoms with van der Waals surface area (Å²) in [5.74, 6) is 0. The predicted molar refractivity (Wildman–Crippen MR) is 640 cm³/mol. The van der Waals surface area contributed by atoms with Crippen LogP contribution in [0.4, 0.5) is 51.2 Å². The van der Waals surface area contributed by atoms with Crippen LogP contribution in [0.15, 0.2) is 558 Å². The third-order valence-corrected chi connectivity index (χ3v) is 30.2. The second kappa shape index (κ2) is 39.5. The van der Waals surface area contributed by atoms with Crippen molar-refractivity contribution in [3.8, 4) is 178 Å². The molecule has 25 rings (SSSR count). The quantitative estimate of drug-likeness (QED) is 0.0664. The Labute approximate surface area is 882 Å². The maximum Gasteiger partial charge on any atom is 0.252 e. The molecule has 0 unspecified atom stereocenters. The van der Waals surface area contributed by atoms with E-state index in [1.54, 1.807) is 0 Å². The lowest BCUT2D eigenvalue weighted by Gasteiger charge is -2.45. The van der Waals surface area contributed by atoms with Crippen molar-refractivity contribution in [2.24, 2.45) is 0 Å². The lowest BCUT2D eigenvalue weighted by atomic mass is 9.33. The molecule has 150 heavy (non-hydrogen) atoms. The highest BCUT2D eigenvalue weighted by molar-refractivity contribution is 7.00. The highest BCUT2D eigenvalue weighted by Crippen LogP contribution is 2.57. The Bertz CT molecular complexity index is 8110. The minimum absolute atomic E-state index is 0.276. The number of rotatable bonds is 21. The van der Waals surface area contributed by atoms with Gasteiger partial charge in [-0.2, -0.15) is 0 Å². The summed E-state index contributed by atoms with van der Waals surface area (Å²) in [5, 5.41) is 0. The first-order valence-electron chi connectivity index (χ1n) is 52.3. The zero-order chi connectivity index (χ0) is 101. The summed E-state index contributed by atoms with van der Waals surface area (Å²) in [6.07, 6.45) is 0. The van der Waals surface area contributed by atoms with E-state index in [0.717, 1.165) is 168 Å². The van der Waals surface area contributed by atoms with Crippen LogP contribution in [0.2, 0.25) is 0 Å². The summed E-state index contributed by atoms with van der Waals surface area (Å²) in [5.41, 5.74) is 51.1. The Morgan fingerprint density at radius 1 is 0.160 bits per heavy atom. The first-order valence-corrected chi connectivity index (χ1v) is 52.3. The van der Waals surface area contributed by atoms with Gasteiger partial charge in [-0.25, -0.2) is 0 Å². The standard InChI is InChI=1S/C146H110BN3/c1-145(2,3)142-130(113-59-35-15-36-60-113)87-119(88-131(142)114-61-37-16-38-62-114)140-126(109-51-27-11-28-52-109)93-123(94-127(140)110-53-29-12-30-54-110)149-136-85-79-117(101-47-23-9-24-48-101)91-134(136)147-135-92-118(102-49-25-10-26-50-102)80-86-137(135)150(124-95-128(111-55-31-13-32-56-111)141(129(96-124)112-57-33-14-34-58-112)120-89-132(115-63-39-17-40-64-115)143(146(4,5)6)133(90-120)116-65-41-18-42-66-116)139-98-125(97-138(149)144(139)147)148(121-81-75-107(76-82-121)105-71-67-103(68-72-105)99-43-19-7-20-44-99)122-83-77-108(78-84-122)106-73-69-104(70-74-106)100-45-21-8-22-46-100/h7-98H,1-6H3. The van der Waals surface area contributed by atoms with E-state index in [2.05, 4.69) is 614 Å². The van der Waals surface area contributed by atoms with Crippen molar-refractivity contribution in [2.45, 2.75) is 52.4 Å². The molecule has 0 N–H and O–H groups in total. The third kappa shape index (κ3) is 17.7. The second-order valence-electron chi connectivity index (χ2n) is 41.7. The number of nitrogens with zero attached hydrogens (tertiary/aromatic N) is 3. The van der Waals surface area contributed by atoms with E-state index in [9.17, 15) is 0 Å². The molecule has 2 heterocycles. The van der Waals surface area contributed by atoms with Crippen LogP contribution < -0.4 is 31.1 Å². The van der Waals surface area contributed by atoms with Gasteiger partial charge in [-0.3, -0.25) is 0 Å². The van der Waals surface area contributed by atoms with Crippen LogP contribution in [0.25, 0.3) is 178 Å². The zero-order valence-corrected chi connectivity index (χ0v) is 85.0. The van der Waals surface area contributed by atoms with E-state index in [1.165, 1.54) is 88.8 Å². The summed E-state index contributed by atoms with van der Waals surface area (Å²) in [4.78, 5) is 7.88. The number of hydrogen-bond acceptors (Lipinski definition) is 3. The highest BCUT2D eigenvalue weighted by Gasteiger charge is 2.46. The van der Waals surface area contributed by atoms with Crippen LogP contribution >= 0.6 is 0 Å². The maximum atomic E-state index is 2.68. The lowest BCUT2D eigenvalue weighted by Crippen LogP contribution is -2.61. The summed E-state index contributed by atoms with van der Waals surface area (Å²) in [6.45, 7) is 13.9. The SMILES string of the molecule is CC(C)(C)c1c(-c2ccccc2)cc(-c2c(-c3ccccc3)cc(N3c4ccc(-c5ccccc5)cc4B4c5cc(-c6ccccc6)ccc5N(c5cc(-c6ccccc6)c(-c6cc(-c7ccccc7)c(C(C)(C)C)c(-c7ccccc7)c6)c(-c6ccccc6)c5)c5cc(N(c6ccc(-c7ccc(-c8ccccc8)cc7)cc6)c6ccc(-c7ccc(-c8ccccc8)cc7)cc6)cc3c54)cc2-c2ccccc2)cc1-c1ccccc1. The molecule has 2 aliphatic rings. The number of benzene rings is 23. The van der Waals surface area contributed by atoms with Crippen LogP contribution in [0.1, 0.15) is 52.7 Å². The summed E-state index contributed by atoms with van der Waals surface area (Å²) >= 11 is 0. The van der Waals surface area contributed by atoms with Gasteiger partial charge in [-0.05, 0) is 313 Å². The molecule has 23 aromatic rings. The normalized spacial score (nSPS) is 12.0. The van der Waals surface area contributed by atoms with Crippen molar-refractivity contribution < 1.29 is 0 Å². The van der Waals surface area contributed by atoms with E-state index in [4.69, 9.17) is 0 Å². The average Bonchev–Trinajstić information content (AvgIpc) is 0.686. The number of fused-ring (bicyclic) bond motifs is 4. The van der Waals surface area contributed by atoms with Gasteiger partial charge in [0, 0.05) is 45.5 Å². The molecule has 0 saturated heterocycles. The van der Waals surface area contributed by atoms with Gasteiger partial charge < -0.3 is 14.7 Å². The first-order chi connectivity index (χ1) is 73.7. The molecule has 0 aromatic heterocycles. The lowest BCUT2D eigenvalue weighted by molar-refractivity contribution is 0.593. The molecule has 0 bridgehead atoms. The first kappa shape index (κ1) is 92.6. The molecule has 712 valence electrons. The van der Waals surface area contributed by atoms with Gasteiger partial charge in [-0.1, -0.05) is 503 Å². The van der Waals surface area contributed by atoms with Crippen LogP contribution in [0, 0.1) is 0 Å². The smallest absolute Gasteiger partial charge is 0.252 e. The molecule has 0 aliphatic carbocycles. The average molecular weight is 1920 g/mol. The van der Waals surface area contributed by atoms with Gasteiger partial charge in [0.05, 0.1) is 5.69 Å². The van der Waals surface area contributed by atoms with E-state index >= 15 is 0 Å². The van der Waals surface area contributed by atoms with Crippen molar-refractivity contribution in [1.82, 2.24) is 0 Å². The van der Waals surface area contributed by atoms with Crippen LogP contribution in [0.3, 0.4) is 0 Å². The largest absolute Gasteiger partial charge is 0.311 e. The monoisotopic (exact) mass is 1920 g/mol. The molecular formula is C146H110BN3. The van der Waals surface area contributed by atoms with Gasteiger partial charge in [0.25, 0.3) is 6.71 Å². The summed E-state index contributed by atoms with van der Waals surface area (Å²) < 4.78 is 0. The fourth-order valence-corrected chi connectivity index (χ4v) is 23.4. The Balaban J connectivity index is 0.820. The Kier molecular flexibility index (Phi) is 24.4. The topological polar surface area (TPSA) is 9.72 Å².